The Hall–Kier alpha value is -2.66. The van der Waals surface area contributed by atoms with E-state index in [1.54, 1.807) is 36.4 Å². The molecule has 0 aromatic heterocycles. The van der Waals surface area contributed by atoms with E-state index in [4.69, 9.17) is 26.8 Å². The number of nitrogens with two attached hydrogens (primary N) is 1. The summed E-state index contributed by atoms with van der Waals surface area (Å²) >= 11 is 6.29. The maximum Gasteiger partial charge on any atom is 0.336 e. The van der Waals surface area contributed by atoms with Gasteiger partial charge < -0.3 is 20.3 Å². The van der Waals surface area contributed by atoms with Gasteiger partial charge in [-0.25, -0.2) is 4.79 Å². The number of benzene rings is 2. The molecule has 0 spiro atoms. The zero-order chi connectivity index (χ0) is 17.0. The fourth-order valence-corrected chi connectivity index (χ4v) is 2.39. The van der Waals surface area contributed by atoms with Gasteiger partial charge in [0.2, 0.25) is 0 Å². The molecule has 0 saturated carbocycles. The molecule has 120 valence electrons. The van der Waals surface area contributed by atoms with Crippen molar-refractivity contribution in [2.24, 2.45) is 0 Å². The van der Waals surface area contributed by atoms with Crippen molar-refractivity contribution in [3.8, 4) is 11.5 Å². The molecule has 0 fully saturated rings. The summed E-state index contributed by atoms with van der Waals surface area (Å²) in [6, 6.07) is 9.90. The summed E-state index contributed by atoms with van der Waals surface area (Å²) in [5.74, 6) is -0.246. The van der Waals surface area contributed by atoms with Crippen molar-refractivity contribution in [2.45, 2.75) is 0 Å². The van der Waals surface area contributed by atoms with Crippen molar-refractivity contribution in [3.05, 3.63) is 52.5 Å². The maximum atomic E-state index is 11.6. The van der Waals surface area contributed by atoms with Gasteiger partial charge in [0, 0.05) is 5.69 Å². The van der Waals surface area contributed by atoms with Crippen LogP contribution in [0.15, 0.2) is 36.4 Å². The second-order valence-electron chi connectivity index (χ2n) is 4.69. The molecule has 0 heterocycles. The largest absolute Gasteiger partial charge is 0.493 e. The molecule has 23 heavy (non-hydrogen) atoms. The molecule has 0 amide bonds. The lowest BCUT2D eigenvalue weighted by molar-refractivity contribution is -0.130. The number of ether oxygens (including phenoxy) is 2. The van der Waals surface area contributed by atoms with Crippen molar-refractivity contribution in [1.29, 1.82) is 0 Å². The van der Waals surface area contributed by atoms with Gasteiger partial charge in [-0.05, 0) is 41.5 Å². The molecule has 0 radical (unpaired) electrons. The third kappa shape index (κ3) is 3.57. The van der Waals surface area contributed by atoms with Crippen LogP contribution >= 0.6 is 11.6 Å². The number of methoxy groups -OCH3 is 2. The summed E-state index contributed by atoms with van der Waals surface area (Å²) < 4.78 is 10.4. The Balaban J connectivity index is 2.56. The average molecular weight is 334 g/mol. The van der Waals surface area contributed by atoms with E-state index in [9.17, 15) is 9.90 Å². The summed E-state index contributed by atoms with van der Waals surface area (Å²) in [6.45, 7) is 0. The predicted octanol–water partition coefficient (Wildman–Crippen LogP) is 3.56. The van der Waals surface area contributed by atoms with Gasteiger partial charge in [-0.2, -0.15) is 0 Å². The average Bonchev–Trinajstić information content (AvgIpc) is 2.54. The van der Waals surface area contributed by atoms with Crippen LogP contribution in [-0.4, -0.2) is 25.3 Å². The Labute approximate surface area is 138 Å². The lowest BCUT2D eigenvalue weighted by Gasteiger charge is -2.12. The molecule has 0 saturated heterocycles. The van der Waals surface area contributed by atoms with Gasteiger partial charge in [-0.15, -0.1) is 0 Å². The van der Waals surface area contributed by atoms with E-state index in [1.165, 1.54) is 20.3 Å². The van der Waals surface area contributed by atoms with Crippen molar-refractivity contribution >= 4 is 34.9 Å². The van der Waals surface area contributed by atoms with Crippen molar-refractivity contribution in [1.82, 2.24) is 0 Å². The molecule has 5 nitrogen and oxygen atoms in total. The Morgan fingerprint density at radius 2 is 1.78 bits per heavy atom. The number of halogens is 1. The van der Waals surface area contributed by atoms with Crippen LogP contribution in [0.5, 0.6) is 11.5 Å². The van der Waals surface area contributed by atoms with Crippen molar-refractivity contribution in [3.63, 3.8) is 0 Å². The molecular formula is C17H16ClNO4. The Bertz CT molecular complexity index is 754. The minimum absolute atomic E-state index is 0.0964. The van der Waals surface area contributed by atoms with Crippen LogP contribution in [-0.2, 0) is 4.79 Å². The quantitative estimate of drug-likeness (QED) is 0.496. The van der Waals surface area contributed by atoms with Gasteiger partial charge in [0.15, 0.2) is 11.5 Å². The van der Waals surface area contributed by atoms with Crippen LogP contribution in [0, 0.1) is 0 Å². The molecule has 0 aliphatic rings. The molecule has 2 aromatic carbocycles. The van der Waals surface area contributed by atoms with Gasteiger partial charge in [0.25, 0.3) is 0 Å². The first-order valence-electron chi connectivity index (χ1n) is 6.69. The molecule has 0 aliphatic carbocycles. The summed E-state index contributed by atoms with van der Waals surface area (Å²) in [5.41, 5.74) is 7.32. The highest BCUT2D eigenvalue weighted by atomic mass is 35.5. The van der Waals surface area contributed by atoms with Crippen LogP contribution < -0.4 is 15.2 Å². The number of hydrogen-bond acceptors (Lipinski definition) is 4. The minimum Gasteiger partial charge on any atom is -0.493 e. The molecule has 2 rings (SSSR count). The molecule has 0 aliphatic heterocycles. The first-order valence-corrected chi connectivity index (χ1v) is 7.07. The summed E-state index contributed by atoms with van der Waals surface area (Å²) in [4.78, 5) is 11.6. The van der Waals surface area contributed by atoms with Crippen LogP contribution in [0.4, 0.5) is 5.69 Å². The van der Waals surface area contributed by atoms with E-state index >= 15 is 0 Å². The molecular weight excluding hydrogens is 318 g/mol. The van der Waals surface area contributed by atoms with Gasteiger partial charge in [0.1, 0.15) is 0 Å². The highest BCUT2D eigenvalue weighted by Gasteiger charge is 2.15. The summed E-state index contributed by atoms with van der Waals surface area (Å²) in [7, 11) is 2.97. The van der Waals surface area contributed by atoms with Crippen molar-refractivity contribution < 1.29 is 19.4 Å². The van der Waals surface area contributed by atoms with Gasteiger partial charge in [-0.3, -0.25) is 0 Å². The van der Waals surface area contributed by atoms with E-state index in [0.29, 0.717) is 28.3 Å². The molecule has 2 aromatic rings. The first-order chi connectivity index (χ1) is 11.0. The van der Waals surface area contributed by atoms with Gasteiger partial charge in [-0.1, -0.05) is 23.7 Å². The number of carbonyl (C=O) groups is 1. The van der Waals surface area contributed by atoms with Crippen LogP contribution in [0.3, 0.4) is 0 Å². The molecule has 0 unspecified atom stereocenters. The SMILES string of the molecule is COc1ccc(/C=C(\C(=O)O)c2ccc(N)cc2)c(Cl)c1OC. The normalized spacial score (nSPS) is 11.2. The number of nitrogen functional groups attached to an aromatic ring is 1. The fraction of sp³-hybridized carbons (Fsp3) is 0.118. The summed E-state index contributed by atoms with van der Waals surface area (Å²) in [5, 5.41) is 9.76. The Morgan fingerprint density at radius 1 is 1.13 bits per heavy atom. The Morgan fingerprint density at radius 3 is 2.30 bits per heavy atom. The number of rotatable bonds is 5. The van der Waals surface area contributed by atoms with Crippen LogP contribution in [0.1, 0.15) is 11.1 Å². The topological polar surface area (TPSA) is 81.8 Å². The number of carboxylic acids is 1. The number of aliphatic carboxylic acids is 1. The fourth-order valence-electron chi connectivity index (χ4n) is 2.10. The van der Waals surface area contributed by atoms with Crippen molar-refractivity contribution in [2.75, 3.05) is 20.0 Å². The molecule has 0 bridgehead atoms. The number of carboxylic acid groups (broad SMARTS) is 1. The van der Waals surface area contributed by atoms with E-state index < -0.39 is 5.97 Å². The van der Waals surface area contributed by atoms with E-state index in [2.05, 4.69) is 0 Å². The summed E-state index contributed by atoms with van der Waals surface area (Å²) in [6.07, 6.45) is 1.48. The Kier molecular flexibility index (Phi) is 5.13. The minimum atomic E-state index is -1.07. The molecule has 3 N–H and O–H groups in total. The van der Waals surface area contributed by atoms with E-state index in [-0.39, 0.29) is 10.6 Å². The third-order valence-electron chi connectivity index (χ3n) is 3.27. The predicted molar refractivity (Wildman–Crippen MR) is 90.9 cm³/mol. The zero-order valence-electron chi connectivity index (χ0n) is 12.7. The highest BCUT2D eigenvalue weighted by molar-refractivity contribution is 6.34. The van der Waals surface area contributed by atoms with E-state index in [0.717, 1.165) is 0 Å². The maximum absolute atomic E-state index is 11.6. The van der Waals surface area contributed by atoms with Gasteiger partial charge in [0.05, 0.1) is 24.8 Å². The smallest absolute Gasteiger partial charge is 0.336 e. The van der Waals surface area contributed by atoms with Crippen LogP contribution in [0.2, 0.25) is 5.02 Å². The van der Waals surface area contributed by atoms with E-state index in [1.807, 2.05) is 0 Å². The second kappa shape index (κ2) is 7.07. The lowest BCUT2D eigenvalue weighted by atomic mass is 10.0. The molecule has 0 atom stereocenters. The third-order valence-corrected chi connectivity index (χ3v) is 3.66. The monoisotopic (exact) mass is 333 g/mol. The number of anilines is 1. The lowest BCUT2D eigenvalue weighted by Crippen LogP contribution is -2.00. The van der Waals surface area contributed by atoms with Gasteiger partial charge >= 0.3 is 5.97 Å². The molecule has 6 heteroatoms. The highest BCUT2D eigenvalue weighted by Crippen LogP contribution is 2.38. The number of hydrogen-bond donors (Lipinski definition) is 2. The zero-order valence-corrected chi connectivity index (χ0v) is 13.4. The standard InChI is InChI=1S/C17H16ClNO4/c1-22-14-8-5-11(15(18)16(14)23-2)9-13(17(20)21)10-3-6-12(19)7-4-10/h3-9H,19H2,1-2H3,(H,20,21)/b13-9-. The van der Waals surface area contributed by atoms with Crippen LogP contribution in [0.25, 0.3) is 11.6 Å². The first kappa shape index (κ1) is 16.7. The second-order valence-corrected chi connectivity index (χ2v) is 5.07.